The summed E-state index contributed by atoms with van der Waals surface area (Å²) < 4.78 is 13.0. The van der Waals surface area contributed by atoms with Gasteiger partial charge in [0, 0.05) is 11.4 Å². The maximum Gasteiger partial charge on any atom is 0.243 e. The monoisotopic (exact) mass is 240 g/mol. The van der Waals surface area contributed by atoms with Crippen LogP contribution in [0.1, 0.15) is 6.42 Å². The molecule has 3 N–H and O–H groups in total. The van der Waals surface area contributed by atoms with Crippen LogP contribution in [0.4, 0.5) is 10.1 Å². The van der Waals surface area contributed by atoms with E-state index in [1.165, 1.54) is 12.1 Å². The van der Waals surface area contributed by atoms with E-state index in [1.807, 2.05) is 0 Å². The number of amides is 1. The number of primary amides is 1. The predicted octanol–water partition coefficient (Wildman–Crippen LogP) is 1.60. The fourth-order valence-electron chi connectivity index (χ4n) is 1.76. The molecule has 0 radical (unpaired) electrons. The van der Waals surface area contributed by atoms with E-state index in [1.54, 1.807) is 23.9 Å². The molecule has 0 spiro atoms. The molecule has 2 rings (SSSR count). The maximum atomic E-state index is 13.0. The molecule has 0 bridgehead atoms. The lowest BCUT2D eigenvalue weighted by Crippen LogP contribution is -2.50. The van der Waals surface area contributed by atoms with Gasteiger partial charge in [0.1, 0.15) is 11.4 Å². The molecule has 1 aliphatic rings. The Morgan fingerprint density at radius 3 is 2.94 bits per heavy atom. The lowest BCUT2D eigenvalue weighted by molar-refractivity contribution is -0.121. The van der Waals surface area contributed by atoms with Gasteiger partial charge < -0.3 is 11.1 Å². The molecule has 16 heavy (non-hydrogen) atoms. The van der Waals surface area contributed by atoms with Gasteiger partial charge in [0.2, 0.25) is 5.91 Å². The van der Waals surface area contributed by atoms with Crippen LogP contribution in [0.3, 0.4) is 0 Å². The predicted molar refractivity (Wildman–Crippen MR) is 63.9 cm³/mol. The summed E-state index contributed by atoms with van der Waals surface area (Å²) in [5.74, 6) is 0.835. The molecule has 86 valence electrons. The topological polar surface area (TPSA) is 55.1 Å². The van der Waals surface area contributed by atoms with Crippen LogP contribution in [0.5, 0.6) is 0 Å². The van der Waals surface area contributed by atoms with Crippen LogP contribution in [-0.4, -0.2) is 23.0 Å². The molecular formula is C11H13FN2OS. The highest BCUT2D eigenvalue weighted by molar-refractivity contribution is 7.99. The standard InChI is InChI=1S/C11H13FN2OS/c12-8-2-1-3-9(6-8)14-11(10(13)15)4-5-16-7-11/h1-3,6,14H,4-5,7H2,(H2,13,15). The Morgan fingerprint density at radius 2 is 2.38 bits per heavy atom. The number of anilines is 1. The van der Waals surface area contributed by atoms with Gasteiger partial charge in [-0.25, -0.2) is 4.39 Å². The summed E-state index contributed by atoms with van der Waals surface area (Å²) in [7, 11) is 0. The summed E-state index contributed by atoms with van der Waals surface area (Å²) >= 11 is 1.68. The SMILES string of the molecule is NC(=O)C1(Nc2cccc(F)c2)CCSC1. The molecule has 1 heterocycles. The Hall–Kier alpha value is -1.23. The number of halogens is 1. The van der Waals surface area contributed by atoms with Crippen molar-refractivity contribution in [2.45, 2.75) is 12.0 Å². The first-order chi connectivity index (χ1) is 7.62. The van der Waals surface area contributed by atoms with Gasteiger partial charge in [0.25, 0.3) is 0 Å². The molecule has 1 unspecified atom stereocenters. The number of thioether (sulfide) groups is 1. The minimum Gasteiger partial charge on any atom is -0.370 e. The molecule has 5 heteroatoms. The molecule has 1 aliphatic heterocycles. The highest BCUT2D eigenvalue weighted by atomic mass is 32.2. The molecule has 1 atom stereocenters. The Balaban J connectivity index is 2.21. The lowest BCUT2D eigenvalue weighted by Gasteiger charge is -2.27. The quantitative estimate of drug-likeness (QED) is 0.843. The van der Waals surface area contributed by atoms with Crippen LogP contribution in [-0.2, 0) is 4.79 Å². The van der Waals surface area contributed by atoms with Crippen molar-refractivity contribution in [3.05, 3.63) is 30.1 Å². The molecular weight excluding hydrogens is 227 g/mol. The molecule has 3 nitrogen and oxygen atoms in total. The van der Waals surface area contributed by atoms with Crippen molar-refractivity contribution >= 4 is 23.4 Å². The van der Waals surface area contributed by atoms with Gasteiger partial charge in [-0.1, -0.05) is 6.07 Å². The second-order valence-corrected chi connectivity index (χ2v) is 4.99. The number of carbonyl (C=O) groups is 1. The van der Waals surface area contributed by atoms with Crippen molar-refractivity contribution in [2.24, 2.45) is 5.73 Å². The Morgan fingerprint density at radius 1 is 1.56 bits per heavy atom. The van der Waals surface area contributed by atoms with Crippen LogP contribution in [0, 0.1) is 5.82 Å². The average Bonchev–Trinajstić information content (AvgIpc) is 2.67. The van der Waals surface area contributed by atoms with Crippen LogP contribution >= 0.6 is 11.8 Å². The minimum atomic E-state index is -0.724. The zero-order chi connectivity index (χ0) is 11.6. The normalized spacial score (nSPS) is 24.3. The van der Waals surface area contributed by atoms with Crippen molar-refractivity contribution in [1.82, 2.24) is 0 Å². The van der Waals surface area contributed by atoms with Gasteiger partial charge in [-0.2, -0.15) is 11.8 Å². The second-order valence-electron chi connectivity index (χ2n) is 3.88. The number of rotatable bonds is 3. The number of carbonyl (C=O) groups excluding carboxylic acids is 1. The summed E-state index contributed by atoms with van der Waals surface area (Å²) in [6, 6.07) is 6.07. The zero-order valence-corrected chi connectivity index (χ0v) is 9.52. The molecule has 0 aromatic heterocycles. The largest absolute Gasteiger partial charge is 0.370 e. The van der Waals surface area contributed by atoms with E-state index in [2.05, 4.69) is 5.32 Å². The summed E-state index contributed by atoms with van der Waals surface area (Å²) in [6.07, 6.45) is 0.684. The number of nitrogens with one attached hydrogen (secondary N) is 1. The fraction of sp³-hybridized carbons (Fsp3) is 0.364. The summed E-state index contributed by atoms with van der Waals surface area (Å²) in [5.41, 5.74) is 5.28. The van der Waals surface area contributed by atoms with E-state index in [0.29, 0.717) is 17.9 Å². The average molecular weight is 240 g/mol. The first kappa shape index (κ1) is 11.3. The number of hydrogen-bond donors (Lipinski definition) is 2. The molecule has 1 fully saturated rings. The van der Waals surface area contributed by atoms with E-state index in [9.17, 15) is 9.18 Å². The number of nitrogens with two attached hydrogens (primary N) is 1. The Labute approximate surface area is 97.6 Å². The van der Waals surface area contributed by atoms with E-state index in [4.69, 9.17) is 5.73 Å². The van der Waals surface area contributed by atoms with E-state index in [-0.39, 0.29) is 11.7 Å². The van der Waals surface area contributed by atoms with Gasteiger partial charge in [0.05, 0.1) is 0 Å². The van der Waals surface area contributed by atoms with Gasteiger partial charge >= 0.3 is 0 Å². The van der Waals surface area contributed by atoms with Crippen LogP contribution in [0.15, 0.2) is 24.3 Å². The van der Waals surface area contributed by atoms with Crippen LogP contribution < -0.4 is 11.1 Å². The van der Waals surface area contributed by atoms with Gasteiger partial charge in [0.15, 0.2) is 0 Å². The first-order valence-electron chi connectivity index (χ1n) is 5.04. The van der Waals surface area contributed by atoms with Crippen LogP contribution in [0.25, 0.3) is 0 Å². The third-order valence-electron chi connectivity index (χ3n) is 2.70. The third-order valence-corrected chi connectivity index (χ3v) is 3.89. The number of benzene rings is 1. The fourth-order valence-corrected chi connectivity index (χ4v) is 3.11. The minimum absolute atomic E-state index is 0.324. The highest BCUT2D eigenvalue weighted by Crippen LogP contribution is 2.31. The molecule has 1 saturated heterocycles. The Bertz CT molecular complexity index is 405. The Kier molecular flexibility index (Phi) is 3.05. The summed E-state index contributed by atoms with van der Waals surface area (Å²) in [4.78, 5) is 11.5. The van der Waals surface area contributed by atoms with Gasteiger partial charge in [-0.15, -0.1) is 0 Å². The first-order valence-corrected chi connectivity index (χ1v) is 6.19. The van der Waals surface area contributed by atoms with E-state index >= 15 is 0 Å². The van der Waals surface area contributed by atoms with E-state index in [0.717, 1.165) is 5.75 Å². The molecule has 1 aromatic rings. The van der Waals surface area contributed by atoms with Crippen LogP contribution in [0.2, 0.25) is 0 Å². The molecule has 1 amide bonds. The van der Waals surface area contributed by atoms with Crippen molar-refractivity contribution in [2.75, 3.05) is 16.8 Å². The zero-order valence-electron chi connectivity index (χ0n) is 8.70. The van der Waals surface area contributed by atoms with Crippen molar-refractivity contribution in [1.29, 1.82) is 0 Å². The summed E-state index contributed by atoms with van der Waals surface area (Å²) in [6.45, 7) is 0. The number of hydrogen-bond acceptors (Lipinski definition) is 3. The maximum absolute atomic E-state index is 13.0. The second kappa shape index (κ2) is 4.33. The smallest absolute Gasteiger partial charge is 0.243 e. The third kappa shape index (κ3) is 2.14. The molecule has 0 aliphatic carbocycles. The van der Waals surface area contributed by atoms with E-state index < -0.39 is 5.54 Å². The van der Waals surface area contributed by atoms with Crippen molar-refractivity contribution in [3.8, 4) is 0 Å². The van der Waals surface area contributed by atoms with Gasteiger partial charge in [-0.05, 0) is 30.4 Å². The molecule has 0 saturated carbocycles. The highest BCUT2D eigenvalue weighted by Gasteiger charge is 2.40. The van der Waals surface area contributed by atoms with Crippen molar-refractivity contribution in [3.63, 3.8) is 0 Å². The van der Waals surface area contributed by atoms with Crippen molar-refractivity contribution < 1.29 is 9.18 Å². The van der Waals surface area contributed by atoms with Gasteiger partial charge in [-0.3, -0.25) is 4.79 Å². The molecule has 1 aromatic carbocycles. The summed E-state index contributed by atoms with van der Waals surface area (Å²) in [5, 5.41) is 3.06. The lowest BCUT2D eigenvalue weighted by atomic mass is 9.97.